The first-order valence-electron chi connectivity index (χ1n) is 7.19. The number of hydrogen-bond acceptors (Lipinski definition) is 2. The van der Waals surface area contributed by atoms with Gasteiger partial charge in [0.1, 0.15) is 5.56 Å². The zero-order valence-corrected chi connectivity index (χ0v) is 11.9. The number of nitrogens with zero attached hydrogens (tertiary/aromatic N) is 1. The lowest BCUT2D eigenvalue weighted by atomic mass is 9.98. The molecule has 1 heterocycles. The van der Waals surface area contributed by atoms with E-state index in [9.17, 15) is 14.7 Å². The summed E-state index contributed by atoms with van der Waals surface area (Å²) in [4.78, 5) is 23.6. The molecule has 0 unspecified atom stereocenters. The van der Waals surface area contributed by atoms with Crippen molar-refractivity contribution >= 4 is 5.97 Å². The topological polar surface area (TPSA) is 59.3 Å². The Hall–Kier alpha value is -2.36. The minimum Gasteiger partial charge on any atom is -0.477 e. The van der Waals surface area contributed by atoms with E-state index in [1.165, 1.54) is 6.07 Å². The van der Waals surface area contributed by atoms with Crippen LogP contribution in [0.4, 0.5) is 0 Å². The standard InChI is InChI=1S/C17H17NO3/c1-2-11-5-3-4-6-14(11)12-9-15(17(20)21)16(19)18(10-12)13-7-8-13/h3-6,9-10,13H,2,7-8H2,1H3,(H,20,21). The smallest absolute Gasteiger partial charge is 0.341 e. The number of carbonyl (C=O) groups is 1. The summed E-state index contributed by atoms with van der Waals surface area (Å²) in [6, 6.07) is 9.56. The number of benzene rings is 1. The van der Waals surface area contributed by atoms with Gasteiger partial charge in [0.2, 0.25) is 0 Å². The van der Waals surface area contributed by atoms with E-state index >= 15 is 0 Å². The van der Waals surface area contributed by atoms with Crippen molar-refractivity contribution < 1.29 is 9.90 Å². The molecule has 0 atom stereocenters. The van der Waals surface area contributed by atoms with Crippen molar-refractivity contribution in [1.82, 2.24) is 4.57 Å². The molecular weight excluding hydrogens is 266 g/mol. The van der Waals surface area contributed by atoms with Gasteiger partial charge in [-0.25, -0.2) is 4.79 Å². The van der Waals surface area contributed by atoms with Crippen LogP contribution in [0.2, 0.25) is 0 Å². The van der Waals surface area contributed by atoms with Gasteiger partial charge in [-0.05, 0) is 42.0 Å². The second-order valence-electron chi connectivity index (χ2n) is 5.40. The van der Waals surface area contributed by atoms with Gasteiger partial charge < -0.3 is 9.67 Å². The Kier molecular flexibility index (Phi) is 3.37. The molecular formula is C17H17NO3. The summed E-state index contributed by atoms with van der Waals surface area (Å²) in [5.41, 5.74) is 2.40. The van der Waals surface area contributed by atoms with Gasteiger partial charge in [-0.2, -0.15) is 0 Å². The van der Waals surface area contributed by atoms with Crippen molar-refractivity contribution in [3.8, 4) is 11.1 Å². The molecule has 0 amide bonds. The van der Waals surface area contributed by atoms with Crippen molar-refractivity contribution in [2.45, 2.75) is 32.2 Å². The zero-order valence-electron chi connectivity index (χ0n) is 11.9. The molecule has 1 fully saturated rings. The molecule has 0 saturated heterocycles. The second kappa shape index (κ2) is 5.20. The maximum atomic E-state index is 12.2. The predicted octanol–water partition coefficient (Wildman–Crippen LogP) is 3.11. The fraction of sp³-hybridized carbons (Fsp3) is 0.294. The van der Waals surface area contributed by atoms with E-state index in [4.69, 9.17) is 0 Å². The van der Waals surface area contributed by atoms with E-state index in [-0.39, 0.29) is 11.6 Å². The van der Waals surface area contributed by atoms with E-state index in [2.05, 4.69) is 6.92 Å². The average Bonchev–Trinajstić information content (AvgIpc) is 3.32. The van der Waals surface area contributed by atoms with Crippen LogP contribution in [0.5, 0.6) is 0 Å². The zero-order chi connectivity index (χ0) is 15.0. The molecule has 21 heavy (non-hydrogen) atoms. The summed E-state index contributed by atoms with van der Waals surface area (Å²) in [7, 11) is 0. The van der Waals surface area contributed by atoms with E-state index in [1.54, 1.807) is 10.8 Å². The molecule has 4 nitrogen and oxygen atoms in total. The van der Waals surface area contributed by atoms with Crippen LogP contribution >= 0.6 is 0 Å². The highest BCUT2D eigenvalue weighted by Gasteiger charge is 2.27. The molecule has 108 valence electrons. The third-order valence-corrected chi connectivity index (χ3v) is 3.92. The summed E-state index contributed by atoms with van der Waals surface area (Å²) in [5, 5.41) is 9.28. The molecule has 2 aromatic rings. The van der Waals surface area contributed by atoms with Crippen molar-refractivity contribution in [3.63, 3.8) is 0 Å². The van der Waals surface area contributed by atoms with Crippen LogP contribution in [0.25, 0.3) is 11.1 Å². The lowest BCUT2D eigenvalue weighted by Gasteiger charge is -2.12. The normalized spacial score (nSPS) is 14.1. The number of rotatable bonds is 4. The minimum atomic E-state index is -1.16. The molecule has 1 aliphatic rings. The van der Waals surface area contributed by atoms with E-state index < -0.39 is 11.5 Å². The molecule has 1 aromatic carbocycles. The van der Waals surface area contributed by atoms with Crippen molar-refractivity contribution in [2.75, 3.05) is 0 Å². The first-order chi connectivity index (χ1) is 10.1. The highest BCUT2D eigenvalue weighted by atomic mass is 16.4. The molecule has 0 aliphatic heterocycles. The Morgan fingerprint density at radius 1 is 1.33 bits per heavy atom. The molecule has 1 aromatic heterocycles. The van der Waals surface area contributed by atoms with Gasteiger partial charge in [0.05, 0.1) is 0 Å². The summed E-state index contributed by atoms with van der Waals surface area (Å²) < 4.78 is 1.59. The molecule has 1 aliphatic carbocycles. The Balaban J connectivity index is 2.23. The van der Waals surface area contributed by atoms with Crippen molar-refractivity contribution in [3.05, 3.63) is 58.0 Å². The summed E-state index contributed by atoms with van der Waals surface area (Å²) in [6.45, 7) is 2.06. The quantitative estimate of drug-likeness (QED) is 0.938. The summed E-state index contributed by atoms with van der Waals surface area (Å²) >= 11 is 0. The predicted molar refractivity (Wildman–Crippen MR) is 80.7 cm³/mol. The van der Waals surface area contributed by atoms with Crippen molar-refractivity contribution in [2.24, 2.45) is 0 Å². The van der Waals surface area contributed by atoms with Gasteiger partial charge in [-0.15, -0.1) is 0 Å². The number of aromatic nitrogens is 1. The first-order valence-corrected chi connectivity index (χ1v) is 7.19. The maximum Gasteiger partial charge on any atom is 0.341 e. The van der Waals surface area contributed by atoms with Crippen LogP contribution < -0.4 is 5.56 Å². The summed E-state index contributed by atoms with van der Waals surface area (Å²) in [6.07, 6.45) is 4.55. The highest BCUT2D eigenvalue weighted by Crippen LogP contribution is 2.35. The summed E-state index contributed by atoms with van der Waals surface area (Å²) in [5.74, 6) is -1.16. The van der Waals surface area contributed by atoms with Crippen LogP contribution in [-0.2, 0) is 6.42 Å². The van der Waals surface area contributed by atoms with Crippen LogP contribution in [-0.4, -0.2) is 15.6 Å². The number of aryl methyl sites for hydroxylation is 1. The van der Waals surface area contributed by atoms with Gasteiger partial charge in [-0.3, -0.25) is 4.79 Å². The third kappa shape index (κ3) is 2.49. The SMILES string of the molecule is CCc1ccccc1-c1cc(C(=O)O)c(=O)n(C2CC2)c1. The number of carboxylic acid groups (broad SMARTS) is 1. The van der Waals surface area contributed by atoms with Gasteiger partial charge >= 0.3 is 5.97 Å². The monoisotopic (exact) mass is 283 g/mol. The van der Waals surface area contributed by atoms with Gasteiger partial charge in [0, 0.05) is 12.2 Å². The molecule has 0 bridgehead atoms. The molecule has 0 radical (unpaired) electrons. The Morgan fingerprint density at radius 2 is 2.05 bits per heavy atom. The average molecular weight is 283 g/mol. The van der Waals surface area contributed by atoms with Crippen LogP contribution in [0.3, 0.4) is 0 Å². The maximum absolute atomic E-state index is 12.2. The van der Waals surface area contributed by atoms with E-state index in [0.29, 0.717) is 0 Å². The van der Waals surface area contributed by atoms with Gasteiger partial charge in [0.25, 0.3) is 5.56 Å². The Labute approximate surface area is 122 Å². The van der Waals surface area contributed by atoms with Gasteiger partial charge in [-0.1, -0.05) is 31.2 Å². The number of carboxylic acids is 1. The second-order valence-corrected chi connectivity index (χ2v) is 5.40. The largest absolute Gasteiger partial charge is 0.477 e. The van der Waals surface area contributed by atoms with Crippen LogP contribution in [0.15, 0.2) is 41.3 Å². The van der Waals surface area contributed by atoms with Crippen molar-refractivity contribution in [1.29, 1.82) is 0 Å². The molecule has 1 saturated carbocycles. The lowest BCUT2D eigenvalue weighted by molar-refractivity contribution is 0.0694. The number of hydrogen-bond donors (Lipinski definition) is 1. The highest BCUT2D eigenvalue weighted by molar-refractivity contribution is 5.89. The number of aromatic carboxylic acids is 1. The van der Waals surface area contributed by atoms with E-state index in [0.717, 1.165) is 36.0 Å². The molecule has 4 heteroatoms. The third-order valence-electron chi connectivity index (χ3n) is 3.92. The van der Waals surface area contributed by atoms with Gasteiger partial charge in [0.15, 0.2) is 0 Å². The molecule has 0 spiro atoms. The number of pyridine rings is 1. The minimum absolute atomic E-state index is 0.148. The van der Waals surface area contributed by atoms with E-state index in [1.807, 2.05) is 24.3 Å². The van der Waals surface area contributed by atoms with Crippen LogP contribution in [0.1, 0.15) is 41.7 Å². The molecule has 3 rings (SSSR count). The Morgan fingerprint density at radius 3 is 2.67 bits per heavy atom. The lowest BCUT2D eigenvalue weighted by Crippen LogP contribution is -2.25. The molecule has 1 N–H and O–H groups in total. The fourth-order valence-corrected chi connectivity index (χ4v) is 2.64. The first kappa shape index (κ1) is 13.6. The Bertz CT molecular complexity index is 757. The van der Waals surface area contributed by atoms with Crippen LogP contribution in [0, 0.1) is 0 Å². The fourth-order valence-electron chi connectivity index (χ4n) is 2.64.